The molecule has 0 atom stereocenters. The molecule has 170 valence electrons. The summed E-state index contributed by atoms with van der Waals surface area (Å²) in [6.45, 7) is 2.49. The predicted molar refractivity (Wildman–Crippen MR) is 132 cm³/mol. The van der Waals surface area contributed by atoms with E-state index >= 15 is 0 Å². The Labute approximate surface area is 196 Å². The fraction of sp³-hybridized carbons (Fsp3) is 0.143. The average Bonchev–Trinajstić information content (AvgIpc) is 3.32. The van der Waals surface area contributed by atoms with Gasteiger partial charge in [-0.2, -0.15) is 0 Å². The third-order valence-electron chi connectivity index (χ3n) is 5.73. The van der Waals surface area contributed by atoms with E-state index in [4.69, 9.17) is 19.6 Å². The molecule has 0 radical (unpaired) electrons. The van der Waals surface area contributed by atoms with Crippen molar-refractivity contribution in [2.24, 2.45) is 0 Å². The van der Waals surface area contributed by atoms with Crippen LogP contribution in [0.5, 0.6) is 5.75 Å². The fourth-order valence-electron chi connectivity index (χ4n) is 4.12. The van der Waals surface area contributed by atoms with Gasteiger partial charge < -0.3 is 19.6 Å². The van der Waals surface area contributed by atoms with Gasteiger partial charge in [0.25, 0.3) is 0 Å². The zero-order chi connectivity index (χ0) is 23.5. The number of nitrogens with two attached hydrogens (primary N) is 1. The summed E-state index contributed by atoms with van der Waals surface area (Å²) in [5.41, 5.74) is 10.6. The first-order valence-electron chi connectivity index (χ1n) is 11.1. The van der Waals surface area contributed by atoms with Crippen LogP contribution in [0.2, 0.25) is 0 Å². The molecule has 0 amide bonds. The molecule has 6 nitrogen and oxygen atoms in total. The van der Waals surface area contributed by atoms with Crippen LogP contribution < -0.4 is 10.5 Å². The van der Waals surface area contributed by atoms with Crippen molar-refractivity contribution >= 4 is 33.5 Å². The first-order chi connectivity index (χ1) is 16.6. The Morgan fingerprint density at radius 2 is 1.91 bits per heavy atom. The summed E-state index contributed by atoms with van der Waals surface area (Å²) in [7, 11) is 0. The number of hydrogen-bond donors (Lipinski definition) is 1. The summed E-state index contributed by atoms with van der Waals surface area (Å²) in [5.74, 6) is 0.882. The van der Waals surface area contributed by atoms with Crippen molar-refractivity contribution in [1.29, 1.82) is 0 Å². The lowest BCUT2D eigenvalue weighted by Gasteiger charge is -2.13. The maximum absolute atomic E-state index is 12.0. The lowest BCUT2D eigenvalue weighted by Crippen LogP contribution is -2.09. The Morgan fingerprint density at radius 1 is 1.03 bits per heavy atom. The van der Waals surface area contributed by atoms with Gasteiger partial charge in [-0.25, -0.2) is 4.98 Å². The molecule has 0 saturated carbocycles. The molecule has 0 aliphatic rings. The molecule has 2 N–H and O–H groups in total. The number of carbonyl (C=O) groups excluding carboxylic acids is 1. The van der Waals surface area contributed by atoms with E-state index in [1.54, 1.807) is 19.4 Å². The summed E-state index contributed by atoms with van der Waals surface area (Å²) >= 11 is 0. The van der Waals surface area contributed by atoms with Gasteiger partial charge in [0.2, 0.25) is 0 Å². The smallest absolute Gasteiger partial charge is 0.310 e. The highest BCUT2D eigenvalue weighted by atomic mass is 16.5. The minimum Gasteiger partial charge on any atom is -0.489 e. The molecule has 0 aliphatic heterocycles. The molecule has 5 rings (SSSR count). The van der Waals surface area contributed by atoms with Gasteiger partial charge in [0.1, 0.15) is 23.8 Å². The van der Waals surface area contributed by atoms with Crippen molar-refractivity contribution in [3.63, 3.8) is 0 Å². The molecular formula is C28H24N2O4. The van der Waals surface area contributed by atoms with Crippen molar-refractivity contribution in [3.8, 4) is 16.9 Å². The number of aromatic nitrogens is 1. The van der Waals surface area contributed by atoms with Crippen molar-refractivity contribution in [2.45, 2.75) is 20.0 Å². The molecule has 2 heterocycles. The van der Waals surface area contributed by atoms with Crippen molar-refractivity contribution in [3.05, 3.63) is 90.3 Å². The molecule has 34 heavy (non-hydrogen) atoms. The van der Waals surface area contributed by atoms with Crippen molar-refractivity contribution in [2.75, 3.05) is 12.3 Å². The van der Waals surface area contributed by atoms with E-state index in [-0.39, 0.29) is 12.4 Å². The van der Waals surface area contributed by atoms with Crippen LogP contribution in [-0.4, -0.2) is 17.6 Å². The van der Waals surface area contributed by atoms with E-state index in [0.29, 0.717) is 24.8 Å². The van der Waals surface area contributed by atoms with Crippen LogP contribution in [0.25, 0.3) is 32.9 Å². The molecule has 0 fully saturated rings. The molecule has 0 saturated heterocycles. The zero-order valence-electron chi connectivity index (χ0n) is 18.8. The number of anilines is 1. The highest BCUT2D eigenvalue weighted by Crippen LogP contribution is 2.34. The number of para-hydroxylation sites is 1. The molecule has 0 bridgehead atoms. The number of furan rings is 1. The molecule has 0 spiro atoms. The standard InChI is InChI=1S/C28H24N2O4/c1-2-32-26(31)16-21-5-3-4-6-25(21)34-17-18-13-22-10-12-33-27(22)23(14-18)20-8-7-19-9-11-30-28(29)24(19)15-20/h3-15H,2,16-17H2,1H3,(H2,29,30). The van der Waals surface area contributed by atoms with Gasteiger partial charge in [-0.15, -0.1) is 0 Å². The summed E-state index contributed by atoms with van der Waals surface area (Å²) in [4.78, 5) is 16.2. The van der Waals surface area contributed by atoms with Crippen LogP contribution in [0, 0.1) is 0 Å². The van der Waals surface area contributed by atoms with E-state index in [2.05, 4.69) is 17.1 Å². The van der Waals surface area contributed by atoms with Crippen LogP contribution in [0.1, 0.15) is 18.1 Å². The number of fused-ring (bicyclic) bond motifs is 2. The van der Waals surface area contributed by atoms with Gasteiger partial charge in [-0.1, -0.05) is 30.3 Å². The number of pyridine rings is 1. The lowest BCUT2D eigenvalue weighted by molar-refractivity contribution is -0.142. The van der Waals surface area contributed by atoms with Gasteiger partial charge in [-0.05, 0) is 59.8 Å². The fourth-order valence-corrected chi connectivity index (χ4v) is 4.12. The van der Waals surface area contributed by atoms with E-state index in [0.717, 1.165) is 44.0 Å². The highest BCUT2D eigenvalue weighted by Gasteiger charge is 2.13. The summed E-state index contributed by atoms with van der Waals surface area (Å²) in [6, 6.07) is 21.6. The van der Waals surface area contributed by atoms with E-state index in [1.165, 1.54) is 0 Å². The number of carbonyl (C=O) groups is 1. The largest absolute Gasteiger partial charge is 0.489 e. The Morgan fingerprint density at radius 3 is 2.79 bits per heavy atom. The second kappa shape index (κ2) is 9.27. The Hall–Kier alpha value is -4.32. The van der Waals surface area contributed by atoms with Gasteiger partial charge in [-0.3, -0.25) is 4.79 Å². The van der Waals surface area contributed by atoms with Gasteiger partial charge >= 0.3 is 5.97 Å². The number of nitrogens with zero attached hydrogens (tertiary/aromatic N) is 1. The minimum atomic E-state index is -0.272. The molecule has 0 unspecified atom stereocenters. The quantitative estimate of drug-likeness (QED) is 0.309. The maximum atomic E-state index is 12.0. The maximum Gasteiger partial charge on any atom is 0.310 e. The first kappa shape index (κ1) is 21.5. The Kier molecular flexibility index (Phi) is 5.87. The van der Waals surface area contributed by atoms with E-state index in [9.17, 15) is 4.79 Å². The summed E-state index contributed by atoms with van der Waals surface area (Å²) < 4.78 is 17.0. The predicted octanol–water partition coefficient (Wildman–Crippen LogP) is 5.91. The first-order valence-corrected chi connectivity index (χ1v) is 11.1. The monoisotopic (exact) mass is 452 g/mol. The topological polar surface area (TPSA) is 87.6 Å². The normalized spacial score (nSPS) is 11.1. The van der Waals surface area contributed by atoms with Crippen LogP contribution in [0.3, 0.4) is 0 Å². The number of rotatable bonds is 7. The SMILES string of the molecule is CCOC(=O)Cc1ccccc1OCc1cc(-c2ccc3ccnc(N)c3c2)c2occc2c1. The third-order valence-corrected chi connectivity index (χ3v) is 5.73. The molecule has 5 aromatic rings. The third kappa shape index (κ3) is 4.30. The van der Waals surface area contributed by atoms with Gasteiger partial charge in [0.05, 0.1) is 19.3 Å². The number of ether oxygens (including phenoxy) is 2. The zero-order valence-corrected chi connectivity index (χ0v) is 18.8. The molecule has 6 heteroatoms. The lowest BCUT2D eigenvalue weighted by atomic mass is 9.98. The summed E-state index contributed by atoms with van der Waals surface area (Å²) in [5, 5.41) is 2.91. The van der Waals surface area contributed by atoms with E-state index < -0.39 is 0 Å². The van der Waals surface area contributed by atoms with Crippen LogP contribution in [-0.2, 0) is 22.6 Å². The van der Waals surface area contributed by atoms with Crippen LogP contribution >= 0.6 is 0 Å². The second-order valence-corrected chi connectivity index (χ2v) is 7.99. The van der Waals surface area contributed by atoms with Gasteiger partial charge in [0.15, 0.2) is 0 Å². The minimum absolute atomic E-state index is 0.169. The number of benzene rings is 3. The van der Waals surface area contributed by atoms with Gasteiger partial charge in [0, 0.05) is 28.1 Å². The van der Waals surface area contributed by atoms with Crippen LogP contribution in [0.15, 0.2) is 83.6 Å². The number of hydrogen-bond acceptors (Lipinski definition) is 6. The number of esters is 1. The number of nitrogen functional groups attached to an aromatic ring is 1. The molecular weight excluding hydrogens is 428 g/mol. The second-order valence-electron chi connectivity index (χ2n) is 7.99. The average molecular weight is 453 g/mol. The molecule has 0 aliphatic carbocycles. The Bertz CT molecular complexity index is 1490. The molecule has 3 aromatic carbocycles. The van der Waals surface area contributed by atoms with E-state index in [1.807, 2.05) is 54.6 Å². The highest BCUT2D eigenvalue weighted by molar-refractivity contribution is 5.99. The molecule has 2 aromatic heterocycles. The Balaban J connectivity index is 1.47. The summed E-state index contributed by atoms with van der Waals surface area (Å²) in [6.07, 6.45) is 3.56. The van der Waals surface area contributed by atoms with Crippen LogP contribution in [0.4, 0.5) is 5.82 Å². The van der Waals surface area contributed by atoms with Crippen molar-refractivity contribution < 1.29 is 18.7 Å². The van der Waals surface area contributed by atoms with Crippen molar-refractivity contribution in [1.82, 2.24) is 4.98 Å².